The van der Waals surface area contributed by atoms with Gasteiger partial charge in [-0.2, -0.15) is 0 Å². The average molecular weight is 322 g/mol. The molecule has 3 rings (SSSR count). The number of nitrogens with zero attached hydrogens (tertiary/aromatic N) is 3. The highest BCUT2D eigenvalue weighted by atomic mass is 32.1. The second kappa shape index (κ2) is 6.24. The molecule has 1 atom stereocenters. The fraction of sp³-hybridized carbons (Fsp3) is 0.667. The maximum atomic E-state index is 12.3. The third-order valence-electron chi connectivity index (χ3n) is 4.62. The van der Waals surface area contributed by atoms with Crippen LogP contribution in [0.4, 0.5) is 5.13 Å². The van der Waals surface area contributed by atoms with E-state index in [1.165, 1.54) is 30.4 Å². The van der Waals surface area contributed by atoms with Gasteiger partial charge in [-0.1, -0.05) is 24.2 Å². The largest absolute Gasteiger partial charge is 0.375 e. The first-order chi connectivity index (χ1) is 10.5. The van der Waals surface area contributed by atoms with Gasteiger partial charge in [-0.15, -0.1) is 0 Å². The van der Waals surface area contributed by atoms with E-state index in [0.717, 1.165) is 19.4 Å². The molecule has 1 aromatic rings. The molecule has 0 radical (unpaired) electrons. The maximum absolute atomic E-state index is 12.3. The van der Waals surface area contributed by atoms with Crippen molar-refractivity contribution >= 4 is 28.3 Å². The lowest BCUT2D eigenvalue weighted by molar-refractivity contribution is -0.129. The Balaban J connectivity index is 1.57. The number of likely N-dealkylation sites (tertiary alicyclic amines) is 1. The summed E-state index contributed by atoms with van der Waals surface area (Å²) >= 11 is 1.20. The van der Waals surface area contributed by atoms with Crippen LogP contribution in [-0.2, 0) is 4.79 Å². The van der Waals surface area contributed by atoms with Gasteiger partial charge in [0.15, 0.2) is 5.13 Å². The van der Waals surface area contributed by atoms with E-state index in [2.05, 4.69) is 4.98 Å². The zero-order valence-corrected chi connectivity index (χ0v) is 13.6. The Morgan fingerprint density at radius 1 is 1.50 bits per heavy atom. The summed E-state index contributed by atoms with van der Waals surface area (Å²) in [5.74, 6) is 0.410. The topological polar surface area (TPSA) is 79.5 Å². The van der Waals surface area contributed by atoms with E-state index >= 15 is 0 Å². The van der Waals surface area contributed by atoms with Gasteiger partial charge < -0.3 is 15.5 Å². The molecule has 0 aromatic carbocycles. The summed E-state index contributed by atoms with van der Waals surface area (Å²) in [6.07, 6.45) is 6.79. The normalized spacial score (nSPS) is 22.5. The average Bonchev–Trinajstić information content (AvgIpc) is 3.19. The molecule has 1 saturated carbocycles. The van der Waals surface area contributed by atoms with Gasteiger partial charge in [-0.05, 0) is 12.8 Å². The van der Waals surface area contributed by atoms with Gasteiger partial charge in [0.1, 0.15) is 4.88 Å². The highest BCUT2D eigenvalue weighted by Crippen LogP contribution is 2.30. The molecule has 0 spiro atoms. The monoisotopic (exact) mass is 322 g/mol. The van der Waals surface area contributed by atoms with E-state index in [1.807, 2.05) is 4.90 Å². The molecule has 1 aliphatic heterocycles. The SMILES string of the molecule is CN(C[C@@H]1CC(=O)N(C2CCCC2)C1)C(=O)c1cnc(N)s1. The van der Waals surface area contributed by atoms with E-state index in [1.54, 1.807) is 11.9 Å². The molecule has 2 amide bonds. The molecule has 2 fully saturated rings. The molecule has 1 aliphatic carbocycles. The van der Waals surface area contributed by atoms with Crippen LogP contribution >= 0.6 is 11.3 Å². The summed E-state index contributed by atoms with van der Waals surface area (Å²) < 4.78 is 0. The van der Waals surface area contributed by atoms with E-state index in [9.17, 15) is 9.59 Å². The molecule has 2 aliphatic rings. The number of carbonyl (C=O) groups excluding carboxylic acids is 2. The maximum Gasteiger partial charge on any atom is 0.265 e. The summed E-state index contributed by atoms with van der Waals surface area (Å²) in [7, 11) is 1.78. The quantitative estimate of drug-likeness (QED) is 0.913. The van der Waals surface area contributed by atoms with Crippen LogP contribution < -0.4 is 5.73 Å². The van der Waals surface area contributed by atoms with Crippen molar-refractivity contribution in [2.24, 2.45) is 5.92 Å². The van der Waals surface area contributed by atoms with Crippen LogP contribution in [0.5, 0.6) is 0 Å². The van der Waals surface area contributed by atoms with Crippen LogP contribution in [0.1, 0.15) is 41.8 Å². The predicted molar refractivity (Wildman–Crippen MR) is 85.6 cm³/mol. The minimum atomic E-state index is -0.0686. The molecule has 1 saturated heterocycles. The summed E-state index contributed by atoms with van der Waals surface area (Å²) in [4.78, 5) is 32.7. The van der Waals surface area contributed by atoms with Gasteiger partial charge in [-0.25, -0.2) is 4.98 Å². The number of nitrogens with two attached hydrogens (primary N) is 1. The van der Waals surface area contributed by atoms with Crippen molar-refractivity contribution in [3.05, 3.63) is 11.1 Å². The van der Waals surface area contributed by atoms with E-state index < -0.39 is 0 Å². The number of thiazole rings is 1. The molecule has 0 bridgehead atoms. The highest BCUT2D eigenvalue weighted by Gasteiger charge is 2.36. The summed E-state index contributed by atoms with van der Waals surface area (Å²) in [5, 5.41) is 0.403. The van der Waals surface area contributed by atoms with E-state index in [4.69, 9.17) is 5.73 Å². The number of rotatable bonds is 4. The molecule has 22 heavy (non-hydrogen) atoms. The van der Waals surface area contributed by atoms with Gasteiger partial charge in [0, 0.05) is 38.5 Å². The summed E-state index contributed by atoms with van der Waals surface area (Å²) in [6.45, 7) is 1.39. The lowest BCUT2D eigenvalue weighted by atomic mass is 10.1. The molecule has 6 nitrogen and oxygen atoms in total. The van der Waals surface area contributed by atoms with E-state index in [-0.39, 0.29) is 17.7 Å². The number of hydrogen-bond acceptors (Lipinski definition) is 5. The first-order valence-electron chi connectivity index (χ1n) is 7.81. The lowest BCUT2D eigenvalue weighted by Crippen LogP contribution is -2.36. The Labute approximate surface area is 134 Å². The molecule has 0 unspecified atom stereocenters. The Hall–Kier alpha value is -1.63. The Morgan fingerprint density at radius 3 is 2.86 bits per heavy atom. The Kier molecular flexibility index (Phi) is 4.33. The number of nitrogen functional groups attached to an aromatic ring is 1. The fourth-order valence-electron chi connectivity index (χ4n) is 3.54. The van der Waals surface area contributed by atoms with Crippen molar-refractivity contribution in [3.63, 3.8) is 0 Å². The van der Waals surface area contributed by atoms with Gasteiger partial charge >= 0.3 is 0 Å². The minimum Gasteiger partial charge on any atom is -0.375 e. The number of amides is 2. The predicted octanol–water partition coefficient (Wildman–Crippen LogP) is 1.59. The molecule has 7 heteroatoms. The number of carbonyl (C=O) groups is 2. The van der Waals surface area contributed by atoms with Crippen LogP contribution in [0.3, 0.4) is 0 Å². The molecule has 120 valence electrons. The summed E-state index contributed by atoms with van der Waals surface area (Å²) in [5.41, 5.74) is 5.57. The second-order valence-corrected chi connectivity index (χ2v) is 7.37. The standard InChI is InChI=1S/C15H22N4O2S/c1-18(14(21)12-7-17-15(16)22-12)8-10-6-13(20)19(9-10)11-4-2-3-5-11/h7,10-11H,2-6,8-9H2,1H3,(H2,16,17)/t10-/m0/s1. The highest BCUT2D eigenvalue weighted by molar-refractivity contribution is 7.17. The third-order valence-corrected chi connectivity index (χ3v) is 5.43. The van der Waals surface area contributed by atoms with Crippen LogP contribution in [0.25, 0.3) is 0 Å². The zero-order valence-electron chi connectivity index (χ0n) is 12.8. The van der Waals surface area contributed by atoms with Crippen LogP contribution in [0, 0.1) is 5.92 Å². The number of anilines is 1. The summed E-state index contributed by atoms with van der Waals surface area (Å²) in [6, 6.07) is 0.430. The van der Waals surface area contributed by atoms with Crippen molar-refractivity contribution in [1.29, 1.82) is 0 Å². The van der Waals surface area contributed by atoms with Crippen LogP contribution in [0.2, 0.25) is 0 Å². The van der Waals surface area contributed by atoms with E-state index in [0.29, 0.717) is 29.0 Å². The number of aromatic nitrogens is 1. The molecule has 1 aromatic heterocycles. The molecule has 2 heterocycles. The van der Waals surface area contributed by atoms with Crippen molar-refractivity contribution in [2.45, 2.75) is 38.1 Å². The number of hydrogen-bond donors (Lipinski definition) is 1. The first kappa shape index (κ1) is 15.3. The van der Waals surface area contributed by atoms with Crippen LogP contribution in [0.15, 0.2) is 6.20 Å². The molecular formula is C15H22N4O2S. The van der Waals surface area contributed by atoms with Crippen molar-refractivity contribution in [2.75, 3.05) is 25.9 Å². The molecular weight excluding hydrogens is 300 g/mol. The molecule has 2 N–H and O–H groups in total. The smallest absolute Gasteiger partial charge is 0.265 e. The van der Waals surface area contributed by atoms with Gasteiger partial charge in [-0.3, -0.25) is 9.59 Å². The van der Waals surface area contributed by atoms with Gasteiger partial charge in [0.2, 0.25) is 5.91 Å². The zero-order chi connectivity index (χ0) is 15.7. The second-order valence-electron chi connectivity index (χ2n) is 6.30. The van der Waals surface area contributed by atoms with Gasteiger partial charge in [0.05, 0.1) is 6.20 Å². The van der Waals surface area contributed by atoms with Crippen molar-refractivity contribution in [3.8, 4) is 0 Å². The van der Waals surface area contributed by atoms with Crippen molar-refractivity contribution in [1.82, 2.24) is 14.8 Å². The third kappa shape index (κ3) is 3.09. The van der Waals surface area contributed by atoms with Gasteiger partial charge in [0.25, 0.3) is 5.91 Å². The first-order valence-corrected chi connectivity index (χ1v) is 8.62. The lowest BCUT2D eigenvalue weighted by Gasteiger charge is -2.25. The Morgan fingerprint density at radius 2 is 2.23 bits per heavy atom. The minimum absolute atomic E-state index is 0.0686. The Bertz CT molecular complexity index is 568. The van der Waals surface area contributed by atoms with Crippen LogP contribution in [-0.4, -0.2) is 52.8 Å². The fourth-order valence-corrected chi connectivity index (χ4v) is 4.22. The van der Waals surface area contributed by atoms with Crippen molar-refractivity contribution < 1.29 is 9.59 Å².